The summed E-state index contributed by atoms with van der Waals surface area (Å²) in [5.41, 5.74) is 1.18. The van der Waals surface area contributed by atoms with Gasteiger partial charge in [0.1, 0.15) is 5.82 Å². The largest absolute Gasteiger partial charge is 0.335 e. The fourth-order valence-corrected chi connectivity index (χ4v) is 3.29. The van der Waals surface area contributed by atoms with Crippen molar-refractivity contribution >= 4 is 22.6 Å². The van der Waals surface area contributed by atoms with Gasteiger partial charge in [-0.05, 0) is 37.1 Å². The molecule has 32 heavy (non-hydrogen) atoms. The Bertz CT molecular complexity index is 1050. The van der Waals surface area contributed by atoms with E-state index in [1.54, 1.807) is 41.4 Å². The van der Waals surface area contributed by atoms with Crippen molar-refractivity contribution in [2.75, 3.05) is 6.67 Å². The highest BCUT2D eigenvalue weighted by Gasteiger charge is 2.09. The molecule has 0 aliphatic heterocycles. The van der Waals surface area contributed by atoms with Crippen LogP contribution in [0.4, 0.5) is 4.39 Å². The van der Waals surface area contributed by atoms with Crippen LogP contribution in [-0.4, -0.2) is 30.8 Å². The molecular weight excluding hydrogens is 429 g/mol. The molecule has 0 aliphatic carbocycles. The Morgan fingerprint density at radius 1 is 1.06 bits per heavy atom. The number of aromatic nitrogens is 5. The van der Waals surface area contributed by atoms with Gasteiger partial charge in [0.05, 0.1) is 30.4 Å². The molecule has 0 amide bonds. The van der Waals surface area contributed by atoms with E-state index in [1.807, 2.05) is 16.8 Å². The first-order chi connectivity index (χ1) is 15.6. The van der Waals surface area contributed by atoms with E-state index in [4.69, 9.17) is 11.6 Å². The minimum Gasteiger partial charge on any atom is -0.335 e. The van der Waals surface area contributed by atoms with Crippen LogP contribution < -0.4 is 5.69 Å². The van der Waals surface area contributed by atoms with Gasteiger partial charge >= 0.3 is 5.69 Å². The number of unbranched alkanes of at least 4 members (excludes halogenated alkanes) is 4. The summed E-state index contributed by atoms with van der Waals surface area (Å²) in [6, 6.07) is 6.99. The van der Waals surface area contributed by atoms with Crippen LogP contribution in [0.25, 0.3) is 11.0 Å². The maximum absolute atomic E-state index is 12.5. The highest BCUT2D eigenvalue weighted by atomic mass is 35.5. The number of imidazole rings is 1. The molecular formula is C24H33ClFN5O. The molecule has 0 unspecified atom stereocenters. The summed E-state index contributed by atoms with van der Waals surface area (Å²) >= 11 is 6.05. The number of fused-ring (bicyclic) bond motifs is 1. The minimum atomic E-state index is -0.358. The lowest BCUT2D eigenvalue weighted by Gasteiger charge is -2.11. The van der Waals surface area contributed by atoms with E-state index in [1.165, 1.54) is 25.7 Å². The van der Waals surface area contributed by atoms with Gasteiger partial charge in [0.25, 0.3) is 0 Å². The second-order valence-corrected chi connectivity index (χ2v) is 7.90. The van der Waals surface area contributed by atoms with Gasteiger partial charge in [-0.2, -0.15) is 0 Å². The number of halogens is 2. The predicted molar refractivity (Wildman–Crippen MR) is 129 cm³/mol. The van der Waals surface area contributed by atoms with E-state index in [-0.39, 0.29) is 18.9 Å². The average molecular weight is 462 g/mol. The van der Waals surface area contributed by atoms with Crippen LogP contribution in [-0.2, 0) is 13.1 Å². The van der Waals surface area contributed by atoms with Crippen LogP contribution in [0.15, 0.2) is 53.8 Å². The molecule has 174 valence electrons. The van der Waals surface area contributed by atoms with Crippen LogP contribution >= 0.6 is 11.6 Å². The van der Waals surface area contributed by atoms with Gasteiger partial charge in [0.2, 0.25) is 0 Å². The molecule has 0 aromatic carbocycles. The molecule has 0 spiro atoms. The first-order valence-electron chi connectivity index (χ1n) is 11.2. The SMILES string of the molecule is CCCCCC.O=c1[nH]c2ccncc2n1Cc1nccc(Cl)cccn1CCCCF. The summed E-state index contributed by atoms with van der Waals surface area (Å²) in [6.07, 6.45) is 13.4. The van der Waals surface area contributed by atoms with Gasteiger partial charge in [-0.15, -0.1) is 0 Å². The fourth-order valence-electron chi connectivity index (χ4n) is 3.16. The number of H-pyrrole nitrogens is 1. The molecule has 0 saturated carbocycles. The topological polar surface area (TPSA) is 68.5 Å². The third kappa shape index (κ3) is 8.11. The molecule has 3 heterocycles. The Morgan fingerprint density at radius 2 is 1.84 bits per heavy atom. The smallest absolute Gasteiger partial charge is 0.326 e. The van der Waals surface area contributed by atoms with Crippen LogP contribution in [0, 0.1) is 0 Å². The van der Waals surface area contributed by atoms with Crippen molar-refractivity contribution in [3.63, 3.8) is 0 Å². The fraction of sp³-hybridized carbons (Fsp3) is 0.458. The number of rotatable bonds is 9. The van der Waals surface area contributed by atoms with Crippen molar-refractivity contribution < 1.29 is 4.39 Å². The highest BCUT2D eigenvalue weighted by Crippen LogP contribution is 2.10. The Labute approximate surface area is 193 Å². The summed E-state index contributed by atoms with van der Waals surface area (Å²) in [4.78, 5) is 23.7. The number of hydrogen-bond acceptors (Lipinski definition) is 3. The number of hydrogen-bond donors (Lipinski definition) is 1. The van der Waals surface area contributed by atoms with Gasteiger partial charge in [-0.25, -0.2) is 9.78 Å². The molecule has 6 nitrogen and oxygen atoms in total. The number of aryl methyl sites for hydroxylation is 1. The summed E-state index contributed by atoms with van der Waals surface area (Å²) in [5, 5.41) is 0.545. The van der Waals surface area contributed by atoms with Crippen LogP contribution in [0.5, 0.6) is 0 Å². The second-order valence-electron chi connectivity index (χ2n) is 7.46. The first-order valence-corrected chi connectivity index (χ1v) is 11.6. The zero-order valence-electron chi connectivity index (χ0n) is 18.9. The number of nitrogens with zero attached hydrogens (tertiary/aromatic N) is 4. The summed E-state index contributed by atoms with van der Waals surface area (Å²) in [6.45, 7) is 4.95. The lowest BCUT2D eigenvalue weighted by atomic mass is 10.2. The van der Waals surface area contributed by atoms with Crippen molar-refractivity contribution in [2.45, 2.75) is 65.5 Å². The van der Waals surface area contributed by atoms with E-state index in [2.05, 4.69) is 28.8 Å². The van der Waals surface area contributed by atoms with Crippen molar-refractivity contribution in [1.29, 1.82) is 0 Å². The molecule has 0 fully saturated rings. The van der Waals surface area contributed by atoms with Crippen molar-refractivity contribution in [1.82, 2.24) is 24.1 Å². The molecule has 3 rings (SSSR count). The lowest BCUT2D eigenvalue weighted by molar-refractivity contribution is 0.442. The molecule has 0 radical (unpaired) electrons. The average Bonchev–Trinajstić information content (AvgIpc) is 3.14. The van der Waals surface area contributed by atoms with E-state index < -0.39 is 0 Å². The van der Waals surface area contributed by atoms with Crippen molar-refractivity contribution in [2.24, 2.45) is 0 Å². The second kappa shape index (κ2) is 14.4. The highest BCUT2D eigenvalue weighted by molar-refractivity contribution is 6.30. The van der Waals surface area contributed by atoms with Gasteiger partial charge in [-0.3, -0.25) is 13.9 Å². The maximum Gasteiger partial charge on any atom is 0.326 e. The van der Waals surface area contributed by atoms with Gasteiger partial charge < -0.3 is 9.55 Å². The first kappa shape index (κ1) is 25.6. The van der Waals surface area contributed by atoms with Gasteiger partial charge in [-0.1, -0.05) is 51.1 Å². The monoisotopic (exact) mass is 461 g/mol. The number of aromatic amines is 1. The Balaban J connectivity index is 0.000000534. The third-order valence-corrected chi connectivity index (χ3v) is 5.18. The van der Waals surface area contributed by atoms with Crippen LogP contribution in [0.1, 0.15) is 58.2 Å². The van der Waals surface area contributed by atoms with Crippen molar-refractivity contribution in [3.05, 3.63) is 70.4 Å². The van der Waals surface area contributed by atoms with Gasteiger partial charge in [0.15, 0.2) is 0 Å². The molecule has 3 aromatic rings. The van der Waals surface area contributed by atoms with E-state index in [0.29, 0.717) is 41.3 Å². The molecule has 3 aromatic heterocycles. The molecule has 0 aliphatic rings. The van der Waals surface area contributed by atoms with E-state index in [9.17, 15) is 9.18 Å². The van der Waals surface area contributed by atoms with Crippen molar-refractivity contribution in [3.8, 4) is 0 Å². The zero-order chi connectivity index (χ0) is 23.2. The quantitative estimate of drug-likeness (QED) is 0.392. The van der Waals surface area contributed by atoms with Crippen LogP contribution in [0.2, 0.25) is 5.02 Å². The van der Waals surface area contributed by atoms with E-state index in [0.717, 1.165) is 0 Å². The number of nitrogens with one attached hydrogen (secondary N) is 1. The third-order valence-electron chi connectivity index (χ3n) is 4.93. The maximum atomic E-state index is 12.5. The summed E-state index contributed by atoms with van der Waals surface area (Å²) in [7, 11) is 0. The normalized spacial score (nSPS) is 10.5. The summed E-state index contributed by atoms with van der Waals surface area (Å²) in [5.74, 6) is 0.656. The molecule has 0 saturated heterocycles. The number of pyridine rings is 1. The van der Waals surface area contributed by atoms with Crippen LogP contribution in [0.3, 0.4) is 0 Å². The van der Waals surface area contributed by atoms with E-state index >= 15 is 0 Å². The van der Waals surface area contributed by atoms with Gasteiger partial charge in [0, 0.05) is 30.2 Å². The number of alkyl halides is 1. The molecule has 0 atom stereocenters. The molecule has 8 heteroatoms. The molecule has 1 N–H and O–H groups in total. The Morgan fingerprint density at radius 3 is 2.56 bits per heavy atom. The Hall–Kier alpha value is -2.67. The predicted octanol–water partition coefficient (Wildman–Crippen LogP) is 6.08. The summed E-state index contributed by atoms with van der Waals surface area (Å²) < 4.78 is 16.0. The zero-order valence-corrected chi connectivity index (χ0v) is 19.7. The Kier molecular flexibility index (Phi) is 11.5. The lowest BCUT2D eigenvalue weighted by Crippen LogP contribution is -2.20. The molecule has 0 bridgehead atoms. The standard InChI is InChI=1S/C18H19ClFN5O.C6H14/c19-14-4-3-11-24(10-2-1-7-20)17(22-9-5-14)13-25-16-12-21-8-6-15(16)23-18(25)26;1-3-5-6-4-2/h3-6,8-9,11-12H,1-2,7,10,13H2,(H,23,26);3-6H2,1-2H3. The minimum absolute atomic E-state index is 0.233.